The number of nitro groups is 1. The van der Waals surface area contributed by atoms with Gasteiger partial charge in [0.15, 0.2) is 0 Å². The van der Waals surface area contributed by atoms with E-state index < -0.39 is 0 Å². The minimum Gasteiger partial charge on any atom is -0.325 e. The average molecular weight is 276 g/mol. The van der Waals surface area contributed by atoms with E-state index in [9.17, 15) is 10.1 Å². The predicted octanol–water partition coefficient (Wildman–Crippen LogP) is 3.97. The molecule has 2 N–H and O–H groups in total. The summed E-state index contributed by atoms with van der Waals surface area (Å²) in [7, 11) is 0. The van der Waals surface area contributed by atoms with Crippen molar-refractivity contribution in [3.63, 3.8) is 0 Å². The van der Waals surface area contributed by atoms with Crippen LogP contribution in [0.1, 0.15) is 56.9 Å². The normalized spacial score (nSPS) is 19.1. The van der Waals surface area contributed by atoms with Crippen LogP contribution in [0.3, 0.4) is 0 Å². The lowest BCUT2D eigenvalue weighted by atomic mass is 9.81. The van der Waals surface area contributed by atoms with Gasteiger partial charge in [0.2, 0.25) is 0 Å². The molecule has 0 unspecified atom stereocenters. The van der Waals surface area contributed by atoms with Gasteiger partial charge in [-0.2, -0.15) is 0 Å². The Kier molecular flexibility index (Phi) is 5.12. The fourth-order valence-electron chi connectivity index (χ4n) is 3.04. The van der Waals surface area contributed by atoms with Crippen molar-refractivity contribution in [2.45, 2.75) is 63.3 Å². The molecule has 0 atom stereocenters. The molecule has 2 rings (SSSR count). The van der Waals surface area contributed by atoms with Gasteiger partial charge in [0.1, 0.15) is 0 Å². The number of benzene rings is 1. The highest BCUT2D eigenvalue weighted by molar-refractivity contribution is 5.33. The first kappa shape index (κ1) is 15.0. The van der Waals surface area contributed by atoms with Crippen LogP contribution in [0.25, 0.3) is 0 Å². The highest BCUT2D eigenvalue weighted by atomic mass is 16.6. The zero-order valence-electron chi connectivity index (χ0n) is 12.0. The van der Waals surface area contributed by atoms with Crippen LogP contribution in [0.5, 0.6) is 0 Å². The van der Waals surface area contributed by atoms with E-state index in [1.165, 1.54) is 32.1 Å². The van der Waals surface area contributed by atoms with Gasteiger partial charge in [-0.15, -0.1) is 0 Å². The smallest absolute Gasteiger partial charge is 0.269 e. The molecule has 1 aliphatic rings. The Morgan fingerprint density at radius 3 is 2.15 bits per heavy atom. The quantitative estimate of drug-likeness (QED) is 0.668. The van der Waals surface area contributed by atoms with Gasteiger partial charge in [-0.25, -0.2) is 0 Å². The second-order valence-electron chi connectivity index (χ2n) is 6.05. The Hall–Kier alpha value is -1.42. The first-order chi connectivity index (χ1) is 9.59. The lowest BCUT2D eigenvalue weighted by molar-refractivity contribution is -0.384. The van der Waals surface area contributed by atoms with Crippen LogP contribution < -0.4 is 5.73 Å². The Morgan fingerprint density at radius 1 is 1.05 bits per heavy atom. The zero-order chi connectivity index (χ0) is 14.4. The van der Waals surface area contributed by atoms with Crippen LogP contribution in [-0.2, 0) is 6.42 Å². The molecule has 1 aromatic rings. The largest absolute Gasteiger partial charge is 0.325 e. The molecule has 0 amide bonds. The lowest BCUT2D eigenvalue weighted by Gasteiger charge is -2.31. The van der Waals surface area contributed by atoms with E-state index in [2.05, 4.69) is 0 Å². The molecule has 4 heteroatoms. The van der Waals surface area contributed by atoms with Crippen LogP contribution >= 0.6 is 0 Å². The maximum absolute atomic E-state index is 10.6. The summed E-state index contributed by atoms with van der Waals surface area (Å²) in [6.45, 7) is 0. The molecule has 0 aliphatic heterocycles. The van der Waals surface area contributed by atoms with Crippen LogP contribution in [-0.4, -0.2) is 10.5 Å². The molecule has 1 aliphatic carbocycles. The van der Waals surface area contributed by atoms with Crippen molar-refractivity contribution in [2.24, 2.45) is 5.73 Å². The van der Waals surface area contributed by atoms with Crippen LogP contribution in [0.15, 0.2) is 24.3 Å². The van der Waals surface area contributed by atoms with Gasteiger partial charge in [0.05, 0.1) is 4.92 Å². The summed E-state index contributed by atoms with van der Waals surface area (Å²) in [5.41, 5.74) is 7.80. The lowest BCUT2D eigenvalue weighted by Crippen LogP contribution is -2.40. The van der Waals surface area contributed by atoms with E-state index in [1.807, 2.05) is 12.1 Å². The highest BCUT2D eigenvalue weighted by Crippen LogP contribution is 2.28. The first-order valence-electron chi connectivity index (χ1n) is 7.61. The summed E-state index contributed by atoms with van der Waals surface area (Å²) >= 11 is 0. The van der Waals surface area contributed by atoms with Crippen molar-refractivity contribution in [1.29, 1.82) is 0 Å². The number of non-ortho nitro benzene ring substituents is 1. The molecule has 0 bridgehead atoms. The van der Waals surface area contributed by atoms with E-state index in [0.29, 0.717) is 0 Å². The van der Waals surface area contributed by atoms with E-state index in [0.717, 1.165) is 31.2 Å². The topological polar surface area (TPSA) is 69.2 Å². The summed E-state index contributed by atoms with van der Waals surface area (Å²) in [6.07, 6.45) is 10.5. The molecular weight excluding hydrogens is 252 g/mol. The second kappa shape index (κ2) is 6.84. The zero-order valence-corrected chi connectivity index (χ0v) is 12.0. The van der Waals surface area contributed by atoms with Gasteiger partial charge in [-0.05, 0) is 31.2 Å². The van der Waals surface area contributed by atoms with E-state index in [4.69, 9.17) is 5.73 Å². The maximum atomic E-state index is 10.6. The van der Waals surface area contributed by atoms with Gasteiger partial charge < -0.3 is 5.73 Å². The standard InChI is InChI=1S/C16H24N2O2/c17-16(11-4-2-1-3-5-12-16)13-10-14-6-8-15(9-7-14)18(19)20/h6-9H,1-5,10-13,17H2. The second-order valence-corrected chi connectivity index (χ2v) is 6.05. The number of hydrogen-bond acceptors (Lipinski definition) is 3. The minimum absolute atomic E-state index is 0.0395. The molecule has 20 heavy (non-hydrogen) atoms. The Morgan fingerprint density at radius 2 is 1.60 bits per heavy atom. The third-order valence-corrected chi connectivity index (χ3v) is 4.41. The molecule has 0 aromatic heterocycles. The Balaban J connectivity index is 1.90. The highest BCUT2D eigenvalue weighted by Gasteiger charge is 2.24. The van der Waals surface area contributed by atoms with Gasteiger partial charge in [0, 0.05) is 17.7 Å². The van der Waals surface area contributed by atoms with Crippen molar-refractivity contribution >= 4 is 5.69 Å². The Labute approximate surface area is 120 Å². The van der Waals surface area contributed by atoms with Gasteiger partial charge in [0.25, 0.3) is 5.69 Å². The van der Waals surface area contributed by atoms with Crippen LogP contribution in [0, 0.1) is 10.1 Å². The van der Waals surface area contributed by atoms with Crippen LogP contribution in [0.2, 0.25) is 0 Å². The van der Waals surface area contributed by atoms with E-state index in [-0.39, 0.29) is 16.1 Å². The first-order valence-corrected chi connectivity index (χ1v) is 7.61. The fraction of sp³-hybridized carbons (Fsp3) is 0.625. The summed E-state index contributed by atoms with van der Waals surface area (Å²) in [6, 6.07) is 6.86. The molecule has 110 valence electrons. The number of nitro benzene ring substituents is 1. The van der Waals surface area contributed by atoms with Crippen molar-refractivity contribution < 1.29 is 4.92 Å². The predicted molar refractivity (Wildman–Crippen MR) is 80.7 cm³/mol. The van der Waals surface area contributed by atoms with Crippen LogP contribution in [0.4, 0.5) is 5.69 Å². The van der Waals surface area contributed by atoms with Gasteiger partial charge >= 0.3 is 0 Å². The number of nitrogens with two attached hydrogens (primary N) is 1. The third-order valence-electron chi connectivity index (χ3n) is 4.41. The third kappa shape index (κ3) is 4.30. The average Bonchev–Trinajstić information content (AvgIpc) is 2.42. The van der Waals surface area contributed by atoms with Crippen molar-refractivity contribution in [2.75, 3.05) is 0 Å². The monoisotopic (exact) mass is 276 g/mol. The van der Waals surface area contributed by atoms with Crippen molar-refractivity contribution in [3.05, 3.63) is 39.9 Å². The minimum atomic E-state index is -0.358. The summed E-state index contributed by atoms with van der Waals surface area (Å²) in [5.74, 6) is 0. The summed E-state index contributed by atoms with van der Waals surface area (Å²) in [5, 5.41) is 10.6. The number of hydrogen-bond donors (Lipinski definition) is 1. The molecule has 0 saturated heterocycles. The van der Waals surface area contributed by atoms with Gasteiger partial charge in [-0.3, -0.25) is 10.1 Å². The van der Waals surface area contributed by atoms with E-state index >= 15 is 0 Å². The number of aryl methyl sites for hydroxylation is 1. The molecule has 0 heterocycles. The summed E-state index contributed by atoms with van der Waals surface area (Å²) in [4.78, 5) is 10.3. The molecular formula is C16H24N2O2. The van der Waals surface area contributed by atoms with Crippen molar-refractivity contribution in [1.82, 2.24) is 0 Å². The Bertz CT molecular complexity index is 434. The van der Waals surface area contributed by atoms with Gasteiger partial charge in [-0.1, -0.05) is 44.2 Å². The molecule has 1 aromatic carbocycles. The molecule has 0 spiro atoms. The molecule has 1 saturated carbocycles. The summed E-state index contributed by atoms with van der Waals surface area (Å²) < 4.78 is 0. The number of nitrogens with zero attached hydrogens (tertiary/aromatic N) is 1. The fourth-order valence-corrected chi connectivity index (χ4v) is 3.04. The molecule has 1 fully saturated rings. The molecule has 4 nitrogen and oxygen atoms in total. The SMILES string of the molecule is NC1(CCc2ccc([N+](=O)[O-])cc2)CCCCCCC1. The maximum Gasteiger partial charge on any atom is 0.269 e. The molecule has 0 radical (unpaired) electrons. The number of rotatable bonds is 4. The van der Waals surface area contributed by atoms with Crippen molar-refractivity contribution in [3.8, 4) is 0 Å². The van der Waals surface area contributed by atoms with E-state index in [1.54, 1.807) is 12.1 Å².